The number of aliphatic carboxylic acids is 2. The average Bonchev–Trinajstić information content (AvgIpc) is 3.51. The van der Waals surface area contributed by atoms with E-state index in [0.29, 0.717) is 30.5 Å². The Morgan fingerprint density at radius 3 is 1.95 bits per heavy atom. The Hall–Kier alpha value is -3.55. The molecule has 0 amide bonds. The van der Waals surface area contributed by atoms with Crippen molar-refractivity contribution in [2.75, 3.05) is 6.54 Å². The van der Waals surface area contributed by atoms with E-state index in [0.717, 1.165) is 30.1 Å². The number of benzene rings is 1. The Morgan fingerprint density at radius 2 is 1.51 bits per heavy atom. The van der Waals surface area contributed by atoms with E-state index in [-0.39, 0.29) is 18.0 Å². The van der Waals surface area contributed by atoms with Crippen LogP contribution in [0.3, 0.4) is 0 Å². The second-order valence-corrected chi connectivity index (χ2v) is 11.4. The number of hydrogen-bond donors (Lipinski definition) is 3. The minimum Gasteiger partial charge on any atom is -0.478 e. The SMILES string of the molecule is CCCC12n3cc[n+](CC(=O)O)c3C[N+]1(CCc1ccc(S(N)(=O)=O)cc1)Cc1n2cc[n+]1CC(=O)O. The summed E-state index contributed by atoms with van der Waals surface area (Å²) in [5.41, 5.74) is 0.954. The molecule has 2 aliphatic heterocycles. The molecular weight excluding hydrogens is 500 g/mol. The number of fused-ring (bicyclic) bond motifs is 5. The number of carboxylic acids is 2. The lowest BCUT2D eigenvalue weighted by atomic mass is 10.1. The Bertz CT molecular complexity index is 1430. The zero-order valence-corrected chi connectivity index (χ0v) is 21.3. The highest BCUT2D eigenvalue weighted by atomic mass is 32.2. The molecule has 2 aliphatic rings. The predicted octanol–water partition coefficient (Wildman–Crippen LogP) is -0.273. The number of aromatic nitrogens is 4. The minimum absolute atomic E-state index is 0.0577. The summed E-state index contributed by atoms with van der Waals surface area (Å²) in [6.07, 6.45) is 9.73. The Kier molecular flexibility index (Phi) is 5.96. The first kappa shape index (κ1) is 25.1. The van der Waals surface area contributed by atoms with Crippen LogP contribution in [0, 0.1) is 0 Å². The van der Waals surface area contributed by atoms with Gasteiger partial charge in [0.05, 0.1) is 17.9 Å². The Labute approximate surface area is 214 Å². The van der Waals surface area contributed by atoms with Crippen molar-refractivity contribution in [2.24, 2.45) is 5.14 Å². The molecule has 0 saturated carbocycles. The maximum Gasteiger partial charge on any atom is 0.389 e. The first-order valence-electron chi connectivity index (χ1n) is 12.1. The highest BCUT2D eigenvalue weighted by Crippen LogP contribution is 2.49. The molecule has 0 spiro atoms. The summed E-state index contributed by atoms with van der Waals surface area (Å²) < 4.78 is 31.8. The van der Waals surface area contributed by atoms with Crippen LogP contribution in [0.2, 0.25) is 0 Å². The zero-order chi connectivity index (χ0) is 26.6. The molecule has 12 nitrogen and oxygen atoms in total. The molecule has 1 aromatic carbocycles. The van der Waals surface area contributed by atoms with E-state index in [1.165, 1.54) is 12.1 Å². The normalized spacial score (nSPS) is 22.0. The van der Waals surface area contributed by atoms with E-state index in [4.69, 9.17) is 5.14 Å². The number of quaternary nitrogens is 1. The third-order valence-corrected chi connectivity index (χ3v) is 8.64. The van der Waals surface area contributed by atoms with Gasteiger partial charge in [-0.15, -0.1) is 9.13 Å². The molecule has 0 atom stereocenters. The molecule has 4 heterocycles. The molecule has 4 N–H and O–H groups in total. The molecule has 0 fully saturated rings. The van der Waals surface area contributed by atoms with Gasteiger partial charge in [-0.3, -0.25) is 0 Å². The number of carbonyl (C=O) groups is 2. The van der Waals surface area contributed by atoms with E-state index in [1.54, 1.807) is 33.7 Å². The first-order valence-corrected chi connectivity index (χ1v) is 13.7. The quantitative estimate of drug-likeness (QED) is 0.242. The lowest BCUT2D eigenvalue weighted by Gasteiger charge is -2.37. The van der Waals surface area contributed by atoms with Gasteiger partial charge in [-0.25, -0.2) is 36.8 Å². The number of nitrogens with two attached hydrogens (primary N) is 1. The van der Waals surface area contributed by atoms with Crippen LogP contribution in [0.15, 0.2) is 53.9 Å². The molecule has 0 saturated heterocycles. The monoisotopic (exact) mass is 531 g/mol. The number of sulfonamides is 1. The Balaban J connectivity index is 1.59. The van der Waals surface area contributed by atoms with E-state index >= 15 is 0 Å². The fourth-order valence-electron chi connectivity index (χ4n) is 6.24. The summed E-state index contributed by atoms with van der Waals surface area (Å²) in [5, 5.41) is 24.2. The lowest BCUT2D eigenvalue weighted by Crippen LogP contribution is -2.59. The molecule has 0 bridgehead atoms. The topological polar surface area (TPSA) is 152 Å². The molecule has 0 unspecified atom stereocenters. The largest absolute Gasteiger partial charge is 0.478 e. The number of nitrogens with zero attached hydrogens (tertiary/aromatic N) is 5. The summed E-state index contributed by atoms with van der Waals surface area (Å²) in [4.78, 5) is 23.2. The van der Waals surface area contributed by atoms with E-state index < -0.39 is 27.7 Å². The second kappa shape index (κ2) is 8.78. The van der Waals surface area contributed by atoms with Crippen molar-refractivity contribution in [1.82, 2.24) is 9.13 Å². The summed E-state index contributed by atoms with van der Waals surface area (Å²) >= 11 is 0. The van der Waals surface area contributed by atoms with E-state index in [2.05, 4.69) is 16.1 Å². The van der Waals surface area contributed by atoms with Gasteiger partial charge in [-0.1, -0.05) is 19.1 Å². The van der Waals surface area contributed by atoms with E-state index in [1.807, 2.05) is 12.4 Å². The highest BCUT2D eigenvalue weighted by Gasteiger charge is 2.73. The van der Waals surface area contributed by atoms with Crippen molar-refractivity contribution in [3.05, 3.63) is 66.3 Å². The van der Waals surface area contributed by atoms with Crippen LogP contribution < -0.4 is 14.3 Å². The molecule has 3 aromatic rings. The van der Waals surface area contributed by atoms with Crippen LogP contribution in [0.1, 0.15) is 37.0 Å². The number of primary sulfonamides is 1. The maximum atomic E-state index is 11.7. The molecule has 196 valence electrons. The minimum atomic E-state index is -3.78. The molecule has 2 aromatic heterocycles. The first-order chi connectivity index (χ1) is 17.5. The lowest BCUT2D eigenvalue weighted by molar-refractivity contribution is -1.01. The van der Waals surface area contributed by atoms with E-state index in [9.17, 15) is 28.2 Å². The smallest absolute Gasteiger partial charge is 0.389 e. The third-order valence-electron chi connectivity index (χ3n) is 7.71. The van der Waals surface area contributed by atoms with Crippen LogP contribution in [-0.2, 0) is 58.0 Å². The maximum absolute atomic E-state index is 11.7. The molecule has 5 rings (SSSR count). The van der Waals surface area contributed by atoms with Crippen LogP contribution in [0.4, 0.5) is 0 Å². The third kappa shape index (κ3) is 3.93. The van der Waals surface area contributed by atoms with Crippen molar-refractivity contribution in [3.63, 3.8) is 0 Å². The van der Waals surface area contributed by atoms with Crippen molar-refractivity contribution in [3.8, 4) is 0 Å². The van der Waals surface area contributed by atoms with Crippen molar-refractivity contribution in [2.45, 2.75) is 63.0 Å². The van der Waals surface area contributed by atoms with Gasteiger partial charge >= 0.3 is 29.4 Å². The standard InChI is InChI=1S/C24H28N6O6S/c1-2-8-24-28-11-9-26(14-22(31)32)20(28)16-30(24,17-21-27(15-23(33)34)10-12-29(21)24)13-7-18-3-5-19(6-4-18)37(25,35)36/h3-6,9-12H,2,7-8,13-17H2,1H3,(H-3,25,31,32,33,34,35,36)/p+3. The van der Waals surface area contributed by atoms with Gasteiger partial charge in [0.15, 0.2) is 26.2 Å². The van der Waals surface area contributed by atoms with Gasteiger partial charge in [0.2, 0.25) is 10.0 Å². The van der Waals surface area contributed by atoms with Crippen molar-refractivity contribution >= 4 is 22.0 Å². The van der Waals surface area contributed by atoms with Gasteiger partial charge < -0.3 is 10.2 Å². The van der Waals surface area contributed by atoms with Gasteiger partial charge in [0.1, 0.15) is 24.8 Å². The number of rotatable bonds is 10. The van der Waals surface area contributed by atoms with Crippen LogP contribution in [-0.4, -0.2) is 50.7 Å². The molecular formula is C24H31N6O6S+3. The summed E-state index contributed by atoms with van der Waals surface area (Å²) in [6.45, 7) is 3.65. The van der Waals surface area contributed by atoms with Gasteiger partial charge in [0, 0.05) is 6.42 Å². The van der Waals surface area contributed by atoms with Gasteiger partial charge in [0.25, 0.3) is 0 Å². The molecule has 0 aliphatic carbocycles. The summed E-state index contributed by atoms with van der Waals surface area (Å²) in [7, 11) is -3.78. The van der Waals surface area contributed by atoms with Gasteiger partial charge in [-0.05, 0) is 24.1 Å². The molecule has 0 radical (unpaired) electrons. The Morgan fingerprint density at radius 1 is 1.00 bits per heavy atom. The fourth-order valence-corrected chi connectivity index (χ4v) is 6.76. The van der Waals surface area contributed by atoms with Crippen molar-refractivity contribution in [1.29, 1.82) is 0 Å². The van der Waals surface area contributed by atoms with Crippen LogP contribution in [0.25, 0.3) is 0 Å². The average molecular weight is 532 g/mol. The molecule has 37 heavy (non-hydrogen) atoms. The second-order valence-electron chi connectivity index (χ2n) is 9.86. The fraction of sp³-hybridized carbons (Fsp3) is 0.417. The van der Waals surface area contributed by atoms with Crippen molar-refractivity contribution < 1.29 is 41.8 Å². The predicted molar refractivity (Wildman–Crippen MR) is 127 cm³/mol. The summed E-state index contributed by atoms with van der Waals surface area (Å²) in [5.74, 6) is -0.599. The van der Waals surface area contributed by atoms with Gasteiger partial charge in [-0.2, -0.15) is 0 Å². The number of imidazole rings is 2. The number of carboxylic acid groups (broad SMARTS) is 2. The summed E-state index contributed by atoms with van der Waals surface area (Å²) in [6, 6.07) is 6.54. The number of hydrogen-bond acceptors (Lipinski definition) is 4. The van der Waals surface area contributed by atoms with Crippen LogP contribution >= 0.6 is 0 Å². The molecule has 13 heteroatoms. The zero-order valence-electron chi connectivity index (χ0n) is 20.5. The highest BCUT2D eigenvalue weighted by molar-refractivity contribution is 7.89. The van der Waals surface area contributed by atoms with Crippen LogP contribution in [0.5, 0.6) is 0 Å².